The molecule has 0 saturated heterocycles. The van der Waals surface area contributed by atoms with Gasteiger partial charge in [0.2, 0.25) is 10.0 Å². The van der Waals surface area contributed by atoms with Crippen molar-refractivity contribution in [3.63, 3.8) is 0 Å². The van der Waals surface area contributed by atoms with Crippen molar-refractivity contribution in [2.45, 2.75) is 38.1 Å². The van der Waals surface area contributed by atoms with E-state index < -0.39 is 15.6 Å². The number of benzene rings is 2. The number of hydrogen-bond acceptors (Lipinski definition) is 2. The molecule has 0 atom stereocenters. The van der Waals surface area contributed by atoms with Crippen molar-refractivity contribution in [2.75, 3.05) is 0 Å². The van der Waals surface area contributed by atoms with Crippen molar-refractivity contribution < 1.29 is 8.42 Å². The molecular formula is C17H21NO2S. The van der Waals surface area contributed by atoms with Gasteiger partial charge in [-0.1, -0.05) is 48.0 Å². The molecule has 2 aromatic rings. The molecule has 0 saturated carbocycles. The van der Waals surface area contributed by atoms with Crippen LogP contribution in [0, 0.1) is 13.8 Å². The van der Waals surface area contributed by atoms with Gasteiger partial charge in [0.25, 0.3) is 0 Å². The molecule has 0 fully saturated rings. The summed E-state index contributed by atoms with van der Waals surface area (Å²) in [5.74, 6) is 0. The fraction of sp³-hybridized carbons (Fsp3) is 0.294. The normalized spacial score (nSPS) is 12.4. The summed E-state index contributed by atoms with van der Waals surface area (Å²) in [6.45, 7) is 7.49. The first-order valence-electron chi connectivity index (χ1n) is 6.89. The lowest BCUT2D eigenvalue weighted by Gasteiger charge is -2.27. The monoisotopic (exact) mass is 303 g/mol. The zero-order chi connectivity index (χ0) is 15.7. The van der Waals surface area contributed by atoms with E-state index in [1.807, 2.05) is 70.2 Å². The average Bonchev–Trinajstić information content (AvgIpc) is 2.38. The van der Waals surface area contributed by atoms with Crippen molar-refractivity contribution >= 4 is 10.0 Å². The van der Waals surface area contributed by atoms with E-state index >= 15 is 0 Å². The Morgan fingerprint density at radius 1 is 0.952 bits per heavy atom. The Labute approximate surface area is 127 Å². The summed E-state index contributed by atoms with van der Waals surface area (Å²) in [6, 6.07) is 14.9. The topological polar surface area (TPSA) is 46.2 Å². The van der Waals surface area contributed by atoms with Crippen LogP contribution in [0.15, 0.2) is 53.4 Å². The second-order valence-electron chi connectivity index (χ2n) is 5.87. The standard InChI is InChI=1S/C17H21NO2S/c1-13-10-11-16(14(2)12-13)21(19,20)18-17(3,4)15-8-6-5-7-9-15/h5-12,18H,1-4H3. The maximum atomic E-state index is 12.6. The molecule has 2 rings (SSSR count). The third-order valence-corrected chi connectivity index (χ3v) is 5.32. The maximum absolute atomic E-state index is 12.6. The molecule has 0 aliphatic heterocycles. The van der Waals surface area contributed by atoms with Gasteiger partial charge in [-0.15, -0.1) is 0 Å². The average molecular weight is 303 g/mol. The summed E-state index contributed by atoms with van der Waals surface area (Å²) in [5.41, 5.74) is 2.07. The van der Waals surface area contributed by atoms with Gasteiger partial charge in [-0.2, -0.15) is 0 Å². The van der Waals surface area contributed by atoms with Crippen LogP contribution in [0.25, 0.3) is 0 Å². The summed E-state index contributed by atoms with van der Waals surface area (Å²) in [5, 5.41) is 0. The smallest absolute Gasteiger partial charge is 0.207 e. The van der Waals surface area contributed by atoms with E-state index in [0.29, 0.717) is 4.90 Å². The van der Waals surface area contributed by atoms with Gasteiger partial charge < -0.3 is 0 Å². The van der Waals surface area contributed by atoms with Crippen molar-refractivity contribution in [3.05, 3.63) is 65.2 Å². The molecule has 0 unspecified atom stereocenters. The van der Waals surface area contributed by atoms with Gasteiger partial charge in [0.1, 0.15) is 0 Å². The van der Waals surface area contributed by atoms with E-state index in [0.717, 1.165) is 16.7 Å². The van der Waals surface area contributed by atoms with Crippen molar-refractivity contribution in [3.8, 4) is 0 Å². The van der Waals surface area contributed by atoms with E-state index in [4.69, 9.17) is 0 Å². The van der Waals surface area contributed by atoms with E-state index in [2.05, 4.69) is 4.72 Å². The third kappa shape index (κ3) is 3.52. The van der Waals surface area contributed by atoms with E-state index in [1.54, 1.807) is 6.07 Å². The number of hydrogen-bond donors (Lipinski definition) is 1. The molecule has 0 spiro atoms. The highest BCUT2D eigenvalue weighted by molar-refractivity contribution is 7.89. The molecule has 3 nitrogen and oxygen atoms in total. The highest BCUT2D eigenvalue weighted by Gasteiger charge is 2.28. The number of aryl methyl sites for hydroxylation is 2. The minimum Gasteiger partial charge on any atom is -0.207 e. The molecule has 0 aliphatic rings. The molecule has 0 bridgehead atoms. The van der Waals surface area contributed by atoms with Gasteiger partial charge >= 0.3 is 0 Å². The zero-order valence-electron chi connectivity index (χ0n) is 12.8. The molecule has 0 heterocycles. The van der Waals surface area contributed by atoms with Crippen LogP contribution < -0.4 is 4.72 Å². The predicted octanol–water partition coefficient (Wildman–Crippen LogP) is 3.52. The molecule has 0 aromatic heterocycles. The van der Waals surface area contributed by atoms with Crippen molar-refractivity contribution in [1.29, 1.82) is 0 Å². The molecular weight excluding hydrogens is 282 g/mol. The highest BCUT2D eigenvalue weighted by Crippen LogP contribution is 2.24. The van der Waals surface area contributed by atoms with Gasteiger partial charge in [0.05, 0.1) is 10.4 Å². The van der Waals surface area contributed by atoms with E-state index in [1.165, 1.54) is 0 Å². The van der Waals surface area contributed by atoms with Gasteiger partial charge in [-0.05, 0) is 44.9 Å². The summed E-state index contributed by atoms with van der Waals surface area (Å²) in [4.78, 5) is 0.331. The lowest BCUT2D eigenvalue weighted by Crippen LogP contribution is -2.41. The molecule has 4 heteroatoms. The summed E-state index contributed by atoms with van der Waals surface area (Å²) < 4.78 is 28.1. The van der Waals surface area contributed by atoms with Crippen LogP contribution in [0.5, 0.6) is 0 Å². The fourth-order valence-electron chi connectivity index (χ4n) is 2.41. The van der Waals surface area contributed by atoms with Crippen LogP contribution in [-0.4, -0.2) is 8.42 Å². The molecule has 2 aromatic carbocycles. The summed E-state index contributed by atoms with van der Waals surface area (Å²) in [7, 11) is -3.56. The third-order valence-electron chi connectivity index (χ3n) is 3.50. The van der Waals surface area contributed by atoms with Gasteiger partial charge in [-0.25, -0.2) is 13.1 Å². The van der Waals surface area contributed by atoms with E-state index in [9.17, 15) is 8.42 Å². The Bertz CT molecular complexity index is 735. The minimum absolute atomic E-state index is 0.331. The summed E-state index contributed by atoms with van der Waals surface area (Å²) in [6.07, 6.45) is 0. The first kappa shape index (κ1) is 15.7. The Morgan fingerprint density at radius 3 is 2.14 bits per heavy atom. The second-order valence-corrected chi connectivity index (χ2v) is 7.52. The highest BCUT2D eigenvalue weighted by atomic mass is 32.2. The lowest BCUT2D eigenvalue weighted by atomic mass is 9.96. The lowest BCUT2D eigenvalue weighted by molar-refractivity contribution is 0.472. The van der Waals surface area contributed by atoms with E-state index in [-0.39, 0.29) is 0 Å². The van der Waals surface area contributed by atoms with Gasteiger partial charge in [0.15, 0.2) is 0 Å². The number of nitrogens with one attached hydrogen (secondary N) is 1. The van der Waals surface area contributed by atoms with Crippen LogP contribution in [-0.2, 0) is 15.6 Å². The van der Waals surface area contributed by atoms with Crippen LogP contribution in [0.4, 0.5) is 0 Å². The first-order chi connectivity index (χ1) is 9.72. The van der Waals surface area contributed by atoms with Crippen LogP contribution in [0.2, 0.25) is 0 Å². The Morgan fingerprint density at radius 2 is 1.57 bits per heavy atom. The Hall–Kier alpha value is -1.65. The fourth-order valence-corrected chi connectivity index (χ4v) is 4.04. The zero-order valence-corrected chi connectivity index (χ0v) is 13.7. The molecule has 0 aliphatic carbocycles. The van der Waals surface area contributed by atoms with Crippen molar-refractivity contribution in [2.24, 2.45) is 0 Å². The molecule has 0 amide bonds. The SMILES string of the molecule is Cc1ccc(S(=O)(=O)NC(C)(C)c2ccccc2)c(C)c1. The molecule has 1 N–H and O–H groups in total. The quantitative estimate of drug-likeness (QED) is 0.939. The largest absolute Gasteiger partial charge is 0.241 e. The number of sulfonamides is 1. The molecule has 0 radical (unpaired) electrons. The minimum atomic E-state index is -3.56. The van der Waals surface area contributed by atoms with Crippen LogP contribution in [0.1, 0.15) is 30.5 Å². The second kappa shape index (κ2) is 5.62. The van der Waals surface area contributed by atoms with Gasteiger partial charge in [-0.3, -0.25) is 0 Å². The van der Waals surface area contributed by atoms with Crippen LogP contribution >= 0.6 is 0 Å². The maximum Gasteiger partial charge on any atom is 0.241 e. The van der Waals surface area contributed by atoms with Crippen LogP contribution in [0.3, 0.4) is 0 Å². The van der Waals surface area contributed by atoms with Gasteiger partial charge in [0, 0.05) is 0 Å². The Kier molecular flexibility index (Phi) is 4.21. The summed E-state index contributed by atoms with van der Waals surface area (Å²) >= 11 is 0. The molecule has 112 valence electrons. The first-order valence-corrected chi connectivity index (χ1v) is 8.37. The Balaban J connectivity index is 2.37. The predicted molar refractivity (Wildman–Crippen MR) is 85.7 cm³/mol. The van der Waals surface area contributed by atoms with Crippen molar-refractivity contribution in [1.82, 2.24) is 4.72 Å². The molecule has 21 heavy (non-hydrogen) atoms. The number of rotatable bonds is 4.